The molecule has 0 unspecified atom stereocenters. The van der Waals surface area contributed by atoms with E-state index in [1.54, 1.807) is 11.8 Å². The first-order chi connectivity index (χ1) is 16.4. The van der Waals surface area contributed by atoms with Crippen LogP contribution in [0.2, 0.25) is 5.02 Å². The molecule has 1 atom stereocenters. The average molecular weight is 485 g/mol. The van der Waals surface area contributed by atoms with Gasteiger partial charge in [0.15, 0.2) is 0 Å². The second kappa shape index (κ2) is 11.8. The third-order valence-electron chi connectivity index (χ3n) is 5.70. The third kappa shape index (κ3) is 6.03. The molecule has 0 fully saturated rings. The number of carbonyl (C=O) groups is 1. The van der Waals surface area contributed by atoms with E-state index in [0.717, 1.165) is 35.5 Å². The van der Waals surface area contributed by atoms with Crippen LogP contribution in [0.1, 0.15) is 44.9 Å². The van der Waals surface area contributed by atoms with Gasteiger partial charge < -0.3 is 19.7 Å². The molecule has 3 aromatic rings. The SMILES string of the molecule is CCCNC(=O)N(Cc1c(C)nn(-c2cccc(Cl)c2)c1Oc1ccc(OC)cc1)[C@@H](C)CC. The summed E-state index contributed by atoms with van der Waals surface area (Å²) in [7, 11) is 1.62. The fraction of sp³-hybridized carbons (Fsp3) is 0.385. The molecule has 0 bridgehead atoms. The molecular weight excluding hydrogens is 452 g/mol. The number of hydrogen-bond acceptors (Lipinski definition) is 4. The van der Waals surface area contributed by atoms with E-state index in [1.165, 1.54) is 0 Å². The summed E-state index contributed by atoms with van der Waals surface area (Å²) >= 11 is 6.27. The highest BCUT2D eigenvalue weighted by molar-refractivity contribution is 6.30. The molecule has 2 amide bonds. The molecule has 0 aliphatic rings. The van der Waals surface area contributed by atoms with E-state index in [4.69, 9.17) is 26.2 Å². The first-order valence-corrected chi connectivity index (χ1v) is 12.0. The Bertz CT molecular complexity index is 1100. The standard InChI is InChI=1S/C26H33ClN4O3/c1-6-15-28-26(32)30(18(3)7-2)17-24-19(4)29-31(21-10-8-9-20(27)16-21)25(24)34-23-13-11-22(33-5)12-14-23/h8-14,16,18H,6-7,15,17H2,1-5H3,(H,28,32)/t18-/m0/s1. The lowest BCUT2D eigenvalue weighted by atomic mass is 10.1. The molecule has 0 saturated carbocycles. The zero-order valence-corrected chi connectivity index (χ0v) is 21.2. The van der Waals surface area contributed by atoms with Crippen molar-refractivity contribution in [3.8, 4) is 23.1 Å². The molecule has 2 aromatic carbocycles. The second-order valence-corrected chi connectivity index (χ2v) is 8.59. The molecule has 0 saturated heterocycles. The van der Waals surface area contributed by atoms with Crippen LogP contribution in [0.4, 0.5) is 4.79 Å². The van der Waals surface area contributed by atoms with Crippen molar-refractivity contribution in [1.29, 1.82) is 0 Å². The van der Waals surface area contributed by atoms with Gasteiger partial charge in [-0.15, -0.1) is 0 Å². The molecule has 1 heterocycles. The van der Waals surface area contributed by atoms with Gasteiger partial charge in [0.25, 0.3) is 0 Å². The number of benzene rings is 2. The lowest BCUT2D eigenvalue weighted by molar-refractivity contribution is 0.172. The Labute approximate surface area is 206 Å². The summed E-state index contributed by atoms with van der Waals surface area (Å²) in [6.07, 6.45) is 1.70. The quantitative estimate of drug-likeness (QED) is 0.363. The van der Waals surface area contributed by atoms with Crippen LogP contribution in [0.15, 0.2) is 48.5 Å². The number of amides is 2. The number of aromatic nitrogens is 2. The Morgan fingerprint density at radius 1 is 1.18 bits per heavy atom. The van der Waals surface area contributed by atoms with Gasteiger partial charge in [0, 0.05) is 17.6 Å². The number of hydrogen-bond donors (Lipinski definition) is 1. The number of methoxy groups -OCH3 is 1. The first kappa shape index (κ1) is 25.4. The van der Waals surface area contributed by atoms with E-state index in [2.05, 4.69) is 12.2 Å². The number of urea groups is 1. The summed E-state index contributed by atoms with van der Waals surface area (Å²) in [5.41, 5.74) is 2.39. The normalized spacial score (nSPS) is 11.7. The highest BCUT2D eigenvalue weighted by Gasteiger charge is 2.26. The van der Waals surface area contributed by atoms with Gasteiger partial charge in [0.1, 0.15) is 11.5 Å². The van der Waals surface area contributed by atoms with Gasteiger partial charge in [-0.3, -0.25) is 0 Å². The Morgan fingerprint density at radius 3 is 2.50 bits per heavy atom. The summed E-state index contributed by atoms with van der Waals surface area (Å²) in [5, 5.41) is 8.36. The molecule has 8 heteroatoms. The molecule has 0 spiro atoms. The Morgan fingerprint density at radius 2 is 1.88 bits per heavy atom. The third-order valence-corrected chi connectivity index (χ3v) is 5.94. The lowest BCUT2D eigenvalue weighted by Gasteiger charge is -2.29. The van der Waals surface area contributed by atoms with Crippen LogP contribution >= 0.6 is 11.6 Å². The molecule has 1 N–H and O–H groups in total. The highest BCUT2D eigenvalue weighted by atomic mass is 35.5. The number of aryl methyl sites for hydroxylation is 1. The van der Waals surface area contributed by atoms with E-state index in [9.17, 15) is 4.79 Å². The Hall–Kier alpha value is -3.19. The minimum atomic E-state index is -0.0958. The van der Waals surface area contributed by atoms with Crippen LogP contribution in [-0.4, -0.2) is 40.4 Å². The van der Waals surface area contributed by atoms with Crippen molar-refractivity contribution < 1.29 is 14.3 Å². The first-order valence-electron chi connectivity index (χ1n) is 11.6. The minimum absolute atomic E-state index is 0.0413. The van der Waals surface area contributed by atoms with Gasteiger partial charge in [0.2, 0.25) is 5.88 Å². The number of nitrogens with zero attached hydrogens (tertiary/aromatic N) is 3. The molecule has 0 aliphatic heterocycles. The summed E-state index contributed by atoms with van der Waals surface area (Å²) < 4.78 is 13.4. The number of nitrogens with one attached hydrogen (secondary N) is 1. The monoisotopic (exact) mass is 484 g/mol. The van der Waals surface area contributed by atoms with Crippen molar-refractivity contribution in [3.63, 3.8) is 0 Å². The largest absolute Gasteiger partial charge is 0.497 e. The lowest BCUT2D eigenvalue weighted by Crippen LogP contribution is -2.44. The molecule has 1 aromatic heterocycles. The molecule has 7 nitrogen and oxygen atoms in total. The molecule has 182 valence electrons. The highest BCUT2D eigenvalue weighted by Crippen LogP contribution is 2.33. The van der Waals surface area contributed by atoms with Crippen molar-refractivity contribution in [2.75, 3.05) is 13.7 Å². The van der Waals surface area contributed by atoms with Crippen molar-refractivity contribution in [2.24, 2.45) is 0 Å². The van der Waals surface area contributed by atoms with Gasteiger partial charge in [-0.2, -0.15) is 5.10 Å². The van der Waals surface area contributed by atoms with Crippen LogP contribution in [0.25, 0.3) is 5.69 Å². The van der Waals surface area contributed by atoms with Crippen molar-refractivity contribution >= 4 is 17.6 Å². The summed E-state index contributed by atoms with van der Waals surface area (Å²) in [6, 6.07) is 14.7. The van der Waals surface area contributed by atoms with Gasteiger partial charge in [-0.25, -0.2) is 9.48 Å². The van der Waals surface area contributed by atoms with E-state index in [0.29, 0.717) is 29.7 Å². The molecule has 0 radical (unpaired) electrons. The number of halogens is 1. The van der Waals surface area contributed by atoms with E-state index in [-0.39, 0.29) is 12.1 Å². The fourth-order valence-corrected chi connectivity index (χ4v) is 3.70. The smallest absolute Gasteiger partial charge is 0.317 e. The van der Waals surface area contributed by atoms with Gasteiger partial charge >= 0.3 is 6.03 Å². The second-order valence-electron chi connectivity index (χ2n) is 8.16. The summed E-state index contributed by atoms with van der Waals surface area (Å²) in [5.74, 6) is 1.92. The van der Waals surface area contributed by atoms with Gasteiger partial charge in [-0.05, 0) is 69.2 Å². The summed E-state index contributed by atoms with van der Waals surface area (Å²) in [6.45, 7) is 9.07. The maximum Gasteiger partial charge on any atom is 0.317 e. The topological polar surface area (TPSA) is 68.6 Å². The van der Waals surface area contributed by atoms with Gasteiger partial charge in [-0.1, -0.05) is 31.5 Å². The predicted molar refractivity (Wildman–Crippen MR) is 135 cm³/mol. The van der Waals surface area contributed by atoms with E-state index < -0.39 is 0 Å². The zero-order chi connectivity index (χ0) is 24.7. The van der Waals surface area contributed by atoms with Crippen molar-refractivity contribution in [3.05, 3.63) is 64.8 Å². The van der Waals surface area contributed by atoms with Gasteiger partial charge in [0.05, 0.1) is 30.6 Å². The van der Waals surface area contributed by atoms with Crippen LogP contribution in [-0.2, 0) is 6.54 Å². The molecule has 3 rings (SSSR count). The predicted octanol–water partition coefficient (Wildman–Crippen LogP) is 6.36. The average Bonchev–Trinajstić information content (AvgIpc) is 3.15. The zero-order valence-electron chi connectivity index (χ0n) is 20.5. The fourth-order valence-electron chi connectivity index (χ4n) is 3.52. The van der Waals surface area contributed by atoms with Crippen LogP contribution in [0, 0.1) is 6.92 Å². The Kier molecular flexibility index (Phi) is 8.82. The van der Waals surface area contributed by atoms with Crippen molar-refractivity contribution in [1.82, 2.24) is 20.0 Å². The minimum Gasteiger partial charge on any atom is -0.497 e. The molecular formula is C26H33ClN4O3. The maximum atomic E-state index is 13.0. The maximum absolute atomic E-state index is 13.0. The van der Waals surface area contributed by atoms with Crippen LogP contribution in [0.3, 0.4) is 0 Å². The van der Waals surface area contributed by atoms with Crippen LogP contribution in [0.5, 0.6) is 17.4 Å². The molecule has 34 heavy (non-hydrogen) atoms. The number of rotatable bonds is 10. The number of ether oxygens (including phenoxy) is 2. The number of carbonyl (C=O) groups excluding carboxylic acids is 1. The Balaban J connectivity index is 2.06. The van der Waals surface area contributed by atoms with E-state index in [1.807, 2.05) is 74.2 Å². The molecule has 0 aliphatic carbocycles. The van der Waals surface area contributed by atoms with Crippen LogP contribution < -0.4 is 14.8 Å². The van der Waals surface area contributed by atoms with Crippen molar-refractivity contribution in [2.45, 2.75) is 53.1 Å². The van der Waals surface area contributed by atoms with E-state index >= 15 is 0 Å². The summed E-state index contributed by atoms with van der Waals surface area (Å²) in [4.78, 5) is 14.8.